The van der Waals surface area contributed by atoms with Gasteiger partial charge in [0, 0.05) is 12.1 Å². The zero-order chi connectivity index (χ0) is 11.8. The van der Waals surface area contributed by atoms with Gasteiger partial charge in [-0.1, -0.05) is 18.9 Å². The SMILES string of the molecule is O=C(O)CCNC(=O)/C1=C/CCCCCC1. The first-order valence-electron chi connectivity index (χ1n) is 5.89. The van der Waals surface area contributed by atoms with Gasteiger partial charge in [0.05, 0.1) is 6.42 Å². The van der Waals surface area contributed by atoms with Crippen LogP contribution in [0.25, 0.3) is 0 Å². The smallest absolute Gasteiger partial charge is 0.305 e. The van der Waals surface area contributed by atoms with E-state index in [9.17, 15) is 9.59 Å². The van der Waals surface area contributed by atoms with E-state index in [0.29, 0.717) is 0 Å². The first-order valence-corrected chi connectivity index (χ1v) is 5.89. The molecule has 2 N–H and O–H groups in total. The zero-order valence-corrected chi connectivity index (χ0v) is 9.50. The summed E-state index contributed by atoms with van der Waals surface area (Å²) in [5, 5.41) is 11.1. The summed E-state index contributed by atoms with van der Waals surface area (Å²) in [5.74, 6) is -0.977. The summed E-state index contributed by atoms with van der Waals surface area (Å²) in [7, 11) is 0. The number of hydrogen-bond acceptors (Lipinski definition) is 2. The highest BCUT2D eigenvalue weighted by Gasteiger charge is 2.10. The predicted molar refractivity (Wildman–Crippen MR) is 61.0 cm³/mol. The first kappa shape index (κ1) is 12.7. The average molecular weight is 225 g/mol. The molecule has 0 aromatic heterocycles. The monoisotopic (exact) mass is 225 g/mol. The minimum Gasteiger partial charge on any atom is -0.481 e. The van der Waals surface area contributed by atoms with Crippen molar-refractivity contribution in [1.82, 2.24) is 5.32 Å². The lowest BCUT2D eigenvalue weighted by Gasteiger charge is -2.11. The number of aliphatic carboxylic acids is 1. The van der Waals surface area contributed by atoms with Crippen molar-refractivity contribution in [3.63, 3.8) is 0 Å². The molecular weight excluding hydrogens is 206 g/mol. The Bertz CT molecular complexity index is 284. The van der Waals surface area contributed by atoms with Crippen LogP contribution in [0.4, 0.5) is 0 Å². The molecule has 16 heavy (non-hydrogen) atoms. The molecule has 1 aliphatic carbocycles. The molecule has 0 radical (unpaired) electrons. The van der Waals surface area contributed by atoms with E-state index in [2.05, 4.69) is 5.32 Å². The van der Waals surface area contributed by atoms with E-state index in [1.54, 1.807) is 0 Å². The van der Waals surface area contributed by atoms with Gasteiger partial charge < -0.3 is 10.4 Å². The van der Waals surface area contributed by atoms with Crippen LogP contribution in [0, 0.1) is 0 Å². The van der Waals surface area contributed by atoms with E-state index in [-0.39, 0.29) is 18.9 Å². The van der Waals surface area contributed by atoms with Crippen LogP contribution in [0.1, 0.15) is 44.9 Å². The lowest BCUT2D eigenvalue weighted by atomic mass is 9.99. The molecule has 1 rings (SSSR count). The van der Waals surface area contributed by atoms with Crippen molar-refractivity contribution >= 4 is 11.9 Å². The Balaban J connectivity index is 2.35. The summed E-state index contributed by atoms with van der Waals surface area (Å²) in [4.78, 5) is 22.0. The summed E-state index contributed by atoms with van der Waals surface area (Å²) in [5.41, 5.74) is 0.824. The molecule has 0 fully saturated rings. The van der Waals surface area contributed by atoms with Crippen LogP contribution in [-0.2, 0) is 9.59 Å². The zero-order valence-electron chi connectivity index (χ0n) is 9.50. The van der Waals surface area contributed by atoms with Crippen LogP contribution < -0.4 is 5.32 Å². The topological polar surface area (TPSA) is 66.4 Å². The summed E-state index contributed by atoms with van der Waals surface area (Å²) in [6.45, 7) is 0.214. The molecule has 0 aliphatic heterocycles. The van der Waals surface area contributed by atoms with Gasteiger partial charge in [0.25, 0.3) is 0 Å². The van der Waals surface area contributed by atoms with Crippen LogP contribution in [-0.4, -0.2) is 23.5 Å². The molecule has 0 spiro atoms. The van der Waals surface area contributed by atoms with Gasteiger partial charge in [-0.25, -0.2) is 0 Å². The molecule has 0 bridgehead atoms. The van der Waals surface area contributed by atoms with Gasteiger partial charge in [-0.05, 0) is 25.7 Å². The van der Waals surface area contributed by atoms with Gasteiger partial charge in [0.2, 0.25) is 5.91 Å². The highest BCUT2D eigenvalue weighted by atomic mass is 16.4. The Morgan fingerprint density at radius 3 is 2.75 bits per heavy atom. The fourth-order valence-corrected chi connectivity index (χ4v) is 1.79. The minimum atomic E-state index is -0.882. The Labute approximate surface area is 95.7 Å². The van der Waals surface area contributed by atoms with E-state index < -0.39 is 5.97 Å². The van der Waals surface area contributed by atoms with Gasteiger partial charge in [-0.15, -0.1) is 0 Å². The maximum Gasteiger partial charge on any atom is 0.305 e. The van der Waals surface area contributed by atoms with E-state index in [1.165, 1.54) is 12.8 Å². The third kappa shape index (κ3) is 4.96. The molecule has 0 aromatic carbocycles. The maximum atomic E-state index is 11.7. The van der Waals surface area contributed by atoms with Crippen molar-refractivity contribution < 1.29 is 14.7 Å². The third-order valence-electron chi connectivity index (χ3n) is 2.71. The van der Waals surface area contributed by atoms with Crippen LogP contribution in [0.15, 0.2) is 11.6 Å². The fourth-order valence-electron chi connectivity index (χ4n) is 1.79. The van der Waals surface area contributed by atoms with Crippen molar-refractivity contribution in [2.24, 2.45) is 0 Å². The van der Waals surface area contributed by atoms with Gasteiger partial charge in [0.15, 0.2) is 0 Å². The minimum absolute atomic E-state index is 0.0149. The average Bonchev–Trinajstić information content (AvgIpc) is 2.15. The van der Waals surface area contributed by atoms with Crippen molar-refractivity contribution in [3.8, 4) is 0 Å². The number of carboxylic acids is 1. The predicted octanol–water partition coefficient (Wildman–Crippen LogP) is 1.86. The number of carbonyl (C=O) groups is 2. The van der Waals surface area contributed by atoms with E-state index in [4.69, 9.17) is 5.11 Å². The standard InChI is InChI=1S/C12H19NO3/c14-11(15)8-9-13-12(16)10-6-4-2-1-3-5-7-10/h6H,1-5,7-9H2,(H,13,16)(H,14,15)/b10-6+. The quantitative estimate of drug-likeness (QED) is 0.767. The van der Waals surface area contributed by atoms with E-state index in [0.717, 1.165) is 31.3 Å². The Morgan fingerprint density at radius 2 is 2.00 bits per heavy atom. The second kappa shape index (κ2) is 7.04. The lowest BCUT2D eigenvalue weighted by Crippen LogP contribution is -2.27. The van der Waals surface area contributed by atoms with Crippen LogP contribution in [0.5, 0.6) is 0 Å². The summed E-state index contributed by atoms with van der Waals surface area (Å²) in [6.07, 6.45) is 8.38. The van der Waals surface area contributed by atoms with Gasteiger partial charge in [-0.2, -0.15) is 0 Å². The Kier molecular flexibility index (Phi) is 5.61. The summed E-state index contributed by atoms with van der Waals surface area (Å²) < 4.78 is 0. The van der Waals surface area contributed by atoms with Gasteiger partial charge in [-0.3, -0.25) is 9.59 Å². The molecule has 0 saturated carbocycles. The second-order valence-electron chi connectivity index (χ2n) is 4.08. The van der Waals surface area contributed by atoms with E-state index in [1.807, 2.05) is 6.08 Å². The molecule has 4 heteroatoms. The number of carboxylic acid groups (broad SMARTS) is 1. The van der Waals surface area contributed by atoms with E-state index >= 15 is 0 Å². The van der Waals surface area contributed by atoms with Crippen molar-refractivity contribution in [1.29, 1.82) is 0 Å². The Morgan fingerprint density at radius 1 is 1.25 bits per heavy atom. The maximum absolute atomic E-state index is 11.7. The number of carbonyl (C=O) groups excluding carboxylic acids is 1. The number of hydrogen-bond donors (Lipinski definition) is 2. The summed E-state index contributed by atoms with van der Waals surface area (Å²) in [6, 6.07) is 0. The second-order valence-corrected chi connectivity index (χ2v) is 4.08. The van der Waals surface area contributed by atoms with Crippen molar-refractivity contribution in [2.45, 2.75) is 44.9 Å². The number of rotatable bonds is 4. The largest absolute Gasteiger partial charge is 0.481 e. The van der Waals surface area contributed by atoms with Crippen LogP contribution in [0.2, 0.25) is 0 Å². The number of amides is 1. The molecule has 1 aliphatic rings. The number of allylic oxidation sites excluding steroid dienone is 1. The lowest BCUT2D eigenvalue weighted by molar-refractivity contribution is -0.136. The van der Waals surface area contributed by atoms with Crippen LogP contribution in [0.3, 0.4) is 0 Å². The third-order valence-corrected chi connectivity index (χ3v) is 2.71. The van der Waals surface area contributed by atoms with Crippen molar-refractivity contribution in [2.75, 3.05) is 6.54 Å². The molecule has 0 saturated heterocycles. The normalized spacial score (nSPS) is 20.1. The van der Waals surface area contributed by atoms with Crippen molar-refractivity contribution in [3.05, 3.63) is 11.6 Å². The molecule has 1 amide bonds. The fraction of sp³-hybridized carbons (Fsp3) is 0.667. The molecule has 0 heterocycles. The van der Waals surface area contributed by atoms with Gasteiger partial charge >= 0.3 is 5.97 Å². The molecule has 0 aromatic rings. The van der Waals surface area contributed by atoms with Crippen LogP contribution >= 0.6 is 0 Å². The highest BCUT2D eigenvalue weighted by Crippen LogP contribution is 2.16. The summed E-state index contributed by atoms with van der Waals surface area (Å²) >= 11 is 0. The molecular formula is C12H19NO3. The first-order chi connectivity index (χ1) is 7.70. The molecule has 0 atom stereocenters. The number of nitrogens with one attached hydrogen (secondary N) is 1. The molecule has 4 nitrogen and oxygen atoms in total. The highest BCUT2D eigenvalue weighted by molar-refractivity contribution is 5.93. The van der Waals surface area contributed by atoms with Gasteiger partial charge in [0.1, 0.15) is 0 Å². The molecule has 0 unspecified atom stereocenters. The molecule has 90 valence electrons. The Hall–Kier alpha value is -1.32.